The minimum absolute atomic E-state index is 0.185. The summed E-state index contributed by atoms with van der Waals surface area (Å²) in [4.78, 5) is 23.6. The number of carboxylic acid groups (broad SMARTS) is 1. The molecule has 4 aromatic rings. The van der Waals surface area contributed by atoms with Crippen LogP contribution in [0.5, 0.6) is 0 Å². The van der Waals surface area contributed by atoms with Gasteiger partial charge in [-0.25, -0.2) is 10.2 Å². The maximum absolute atomic E-state index is 12.3. The van der Waals surface area contributed by atoms with Gasteiger partial charge in [0.25, 0.3) is 0 Å². The molecule has 0 aliphatic carbocycles. The molecule has 7 heteroatoms. The molecule has 0 bridgehead atoms. The van der Waals surface area contributed by atoms with Crippen LogP contribution in [0.25, 0.3) is 16.7 Å². The van der Waals surface area contributed by atoms with Crippen molar-refractivity contribution in [1.82, 2.24) is 9.99 Å². The highest BCUT2D eigenvalue weighted by atomic mass is 16.4. The van der Waals surface area contributed by atoms with Crippen molar-refractivity contribution in [3.05, 3.63) is 88.9 Å². The summed E-state index contributed by atoms with van der Waals surface area (Å²) in [7, 11) is 0. The molecule has 150 valence electrons. The number of amides is 1. The molecular weight excluding hydrogens is 382 g/mol. The number of carbonyl (C=O) groups is 2. The van der Waals surface area contributed by atoms with E-state index in [2.05, 4.69) is 10.5 Å². The number of aryl methyl sites for hydroxylation is 1. The first-order valence-corrected chi connectivity index (χ1v) is 9.28. The molecule has 2 heterocycles. The third kappa shape index (κ3) is 3.60. The molecule has 0 fully saturated rings. The Balaban J connectivity index is 1.54. The Morgan fingerprint density at radius 2 is 1.87 bits per heavy atom. The SMILES string of the molecule is Cc1cc(/C=N/NC(=O)c2cc3ccccc3o2)c(C)n1-c1cccc(C(=O)O)c1. The van der Waals surface area contributed by atoms with Gasteiger partial charge in [0.05, 0.1) is 11.8 Å². The standard InChI is InChI=1S/C23H19N3O4/c1-14-10-18(15(2)26(14)19-8-5-7-17(11-19)23(28)29)13-24-25-22(27)21-12-16-6-3-4-9-20(16)30-21/h3-13H,1-2H3,(H,25,27)(H,28,29)/b24-13+. The topological polar surface area (TPSA) is 96.8 Å². The molecule has 0 aliphatic rings. The fourth-order valence-corrected chi connectivity index (χ4v) is 3.40. The maximum Gasteiger partial charge on any atom is 0.335 e. The molecule has 0 radical (unpaired) electrons. The number of benzene rings is 2. The molecule has 0 atom stereocenters. The number of aromatic nitrogens is 1. The van der Waals surface area contributed by atoms with E-state index >= 15 is 0 Å². The average molecular weight is 401 g/mol. The van der Waals surface area contributed by atoms with Crippen molar-refractivity contribution in [3.63, 3.8) is 0 Å². The van der Waals surface area contributed by atoms with E-state index in [4.69, 9.17) is 4.42 Å². The summed E-state index contributed by atoms with van der Waals surface area (Å²) in [5.41, 5.74) is 6.67. The van der Waals surface area contributed by atoms with Crippen molar-refractivity contribution in [2.24, 2.45) is 5.10 Å². The number of rotatable bonds is 5. The number of nitrogens with one attached hydrogen (secondary N) is 1. The summed E-state index contributed by atoms with van der Waals surface area (Å²) in [6.07, 6.45) is 1.56. The highest BCUT2D eigenvalue weighted by molar-refractivity contribution is 5.96. The van der Waals surface area contributed by atoms with E-state index in [1.54, 1.807) is 36.5 Å². The van der Waals surface area contributed by atoms with Crippen LogP contribution >= 0.6 is 0 Å². The normalized spacial score (nSPS) is 11.3. The van der Waals surface area contributed by atoms with Crippen molar-refractivity contribution in [2.45, 2.75) is 13.8 Å². The number of fused-ring (bicyclic) bond motifs is 1. The van der Waals surface area contributed by atoms with Crippen LogP contribution in [0.15, 0.2) is 70.2 Å². The monoisotopic (exact) mass is 401 g/mol. The molecule has 0 spiro atoms. The van der Waals surface area contributed by atoms with Crippen molar-refractivity contribution in [3.8, 4) is 5.69 Å². The van der Waals surface area contributed by atoms with Crippen molar-refractivity contribution in [1.29, 1.82) is 0 Å². The molecule has 4 rings (SSSR count). The summed E-state index contributed by atoms with van der Waals surface area (Å²) in [6.45, 7) is 3.83. The predicted octanol–water partition coefficient (Wildman–Crippen LogP) is 4.30. The summed E-state index contributed by atoms with van der Waals surface area (Å²) >= 11 is 0. The molecular formula is C23H19N3O4. The first kappa shape index (κ1) is 19.2. The lowest BCUT2D eigenvalue weighted by Crippen LogP contribution is -2.16. The molecule has 0 saturated carbocycles. The van der Waals surface area contributed by atoms with Gasteiger partial charge >= 0.3 is 11.9 Å². The number of furan rings is 1. The number of nitrogens with zero attached hydrogens (tertiary/aromatic N) is 2. The Morgan fingerprint density at radius 1 is 1.07 bits per heavy atom. The first-order chi connectivity index (χ1) is 14.4. The number of carboxylic acids is 1. The quantitative estimate of drug-likeness (QED) is 0.385. The summed E-state index contributed by atoms with van der Waals surface area (Å²) < 4.78 is 7.47. The van der Waals surface area contributed by atoms with Gasteiger partial charge in [-0.05, 0) is 50.2 Å². The molecule has 7 nitrogen and oxygen atoms in total. The third-order valence-electron chi connectivity index (χ3n) is 4.84. The number of hydrogen-bond acceptors (Lipinski definition) is 4. The van der Waals surface area contributed by atoms with Crippen molar-refractivity contribution in [2.75, 3.05) is 0 Å². The zero-order chi connectivity index (χ0) is 21.3. The molecule has 30 heavy (non-hydrogen) atoms. The highest BCUT2D eigenvalue weighted by Crippen LogP contribution is 2.21. The Kier molecular flexibility index (Phi) is 4.93. The second-order valence-electron chi connectivity index (χ2n) is 6.86. The highest BCUT2D eigenvalue weighted by Gasteiger charge is 2.13. The van der Waals surface area contributed by atoms with Gasteiger partial charge in [0, 0.05) is 28.0 Å². The van der Waals surface area contributed by atoms with Gasteiger partial charge in [-0.2, -0.15) is 5.10 Å². The molecule has 0 unspecified atom stereocenters. The first-order valence-electron chi connectivity index (χ1n) is 9.28. The van der Waals surface area contributed by atoms with Gasteiger partial charge < -0.3 is 14.1 Å². The van der Waals surface area contributed by atoms with Crippen LogP contribution < -0.4 is 5.43 Å². The van der Waals surface area contributed by atoms with Gasteiger partial charge in [0.2, 0.25) is 0 Å². The minimum Gasteiger partial charge on any atom is -0.478 e. The lowest BCUT2D eigenvalue weighted by atomic mass is 10.2. The summed E-state index contributed by atoms with van der Waals surface area (Å²) in [5, 5.41) is 14.1. The number of hydrazone groups is 1. The maximum atomic E-state index is 12.3. The van der Waals surface area contributed by atoms with E-state index in [9.17, 15) is 14.7 Å². The Morgan fingerprint density at radius 3 is 2.63 bits per heavy atom. The van der Waals surface area contributed by atoms with Gasteiger partial charge in [0.15, 0.2) is 5.76 Å². The van der Waals surface area contributed by atoms with Crippen LogP contribution in [0, 0.1) is 13.8 Å². The zero-order valence-corrected chi connectivity index (χ0v) is 16.4. The van der Waals surface area contributed by atoms with Crippen molar-refractivity contribution >= 4 is 29.1 Å². The Hall–Kier alpha value is -4.13. The van der Waals surface area contributed by atoms with Gasteiger partial charge in [-0.3, -0.25) is 4.79 Å². The summed E-state index contributed by atoms with van der Waals surface area (Å²) in [6, 6.07) is 17.7. The summed E-state index contributed by atoms with van der Waals surface area (Å²) in [5.74, 6) is -1.23. The lowest BCUT2D eigenvalue weighted by Gasteiger charge is -2.10. The van der Waals surface area contributed by atoms with E-state index in [1.807, 2.05) is 48.7 Å². The van der Waals surface area contributed by atoms with Crippen molar-refractivity contribution < 1.29 is 19.1 Å². The van der Waals surface area contributed by atoms with Crippen LogP contribution in [-0.2, 0) is 0 Å². The third-order valence-corrected chi connectivity index (χ3v) is 4.84. The Labute approximate surface area is 172 Å². The molecule has 2 aromatic carbocycles. The molecule has 0 aliphatic heterocycles. The smallest absolute Gasteiger partial charge is 0.335 e. The van der Waals surface area contributed by atoms with E-state index in [-0.39, 0.29) is 11.3 Å². The zero-order valence-electron chi connectivity index (χ0n) is 16.4. The molecule has 0 saturated heterocycles. The second-order valence-corrected chi connectivity index (χ2v) is 6.86. The van der Waals surface area contributed by atoms with Gasteiger partial charge in [-0.15, -0.1) is 0 Å². The molecule has 2 aromatic heterocycles. The van der Waals surface area contributed by atoms with Crippen LogP contribution in [0.3, 0.4) is 0 Å². The second kappa shape index (κ2) is 7.71. The van der Waals surface area contributed by atoms with E-state index < -0.39 is 11.9 Å². The van der Waals surface area contributed by atoms with Crippen LogP contribution in [0.4, 0.5) is 0 Å². The Bertz CT molecular complexity index is 1260. The van der Waals surface area contributed by atoms with Crippen LogP contribution in [0.2, 0.25) is 0 Å². The van der Waals surface area contributed by atoms with E-state index in [1.165, 1.54) is 0 Å². The number of para-hydroxylation sites is 1. The molecule has 1 amide bonds. The fraction of sp³-hybridized carbons (Fsp3) is 0.0870. The van der Waals surface area contributed by atoms with E-state index in [0.717, 1.165) is 28.0 Å². The number of carbonyl (C=O) groups excluding carboxylic acids is 1. The average Bonchev–Trinajstić information content (AvgIpc) is 3.29. The lowest BCUT2D eigenvalue weighted by molar-refractivity contribution is 0.0696. The number of hydrogen-bond donors (Lipinski definition) is 2. The number of aromatic carboxylic acids is 1. The largest absolute Gasteiger partial charge is 0.478 e. The van der Waals surface area contributed by atoms with Crippen LogP contribution in [0.1, 0.15) is 37.9 Å². The van der Waals surface area contributed by atoms with E-state index in [0.29, 0.717) is 5.58 Å². The fourth-order valence-electron chi connectivity index (χ4n) is 3.40. The minimum atomic E-state index is -0.977. The van der Waals surface area contributed by atoms with Gasteiger partial charge in [-0.1, -0.05) is 24.3 Å². The predicted molar refractivity (Wildman–Crippen MR) is 113 cm³/mol. The van der Waals surface area contributed by atoms with Gasteiger partial charge in [0.1, 0.15) is 5.58 Å². The molecule has 2 N–H and O–H groups in total. The van der Waals surface area contributed by atoms with Crippen LogP contribution in [-0.4, -0.2) is 27.8 Å².